The Bertz CT molecular complexity index is 3170. The number of hydrogen-bond donors (Lipinski definition) is 0. The fourth-order valence-corrected chi connectivity index (χ4v) is 7.92. The fraction of sp³-hybridized carbons (Fsp3) is 0. The van der Waals surface area contributed by atoms with Crippen molar-refractivity contribution in [1.82, 2.24) is 24.5 Å². The molecule has 6 heteroatoms. The van der Waals surface area contributed by atoms with Gasteiger partial charge in [-0.25, -0.2) is 15.0 Å². The quantitative estimate of drug-likeness (QED) is 0.180. The zero-order valence-corrected chi connectivity index (χ0v) is 28.9. The minimum Gasteiger partial charge on any atom is -0.456 e. The number of rotatable bonds is 5. The summed E-state index contributed by atoms with van der Waals surface area (Å²) in [7, 11) is 0. The van der Waals surface area contributed by atoms with E-state index in [1.807, 2.05) is 30.5 Å². The smallest absolute Gasteiger partial charge is 0.166 e. The molecule has 0 amide bonds. The molecule has 0 unspecified atom stereocenters. The topological polar surface area (TPSA) is 69.6 Å². The number of furan rings is 1. The molecule has 0 saturated carbocycles. The van der Waals surface area contributed by atoms with Gasteiger partial charge in [0.1, 0.15) is 11.2 Å². The zero-order valence-electron chi connectivity index (χ0n) is 28.9. The molecule has 0 atom stereocenters. The third kappa shape index (κ3) is 4.74. The molecular weight excluding hydrogens is 663 g/mol. The highest BCUT2D eigenvalue weighted by Crippen LogP contribution is 2.39. The lowest BCUT2D eigenvalue weighted by Gasteiger charge is -2.15. The number of para-hydroxylation sites is 3. The molecule has 0 N–H and O–H groups in total. The number of fused-ring (bicyclic) bond motifs is 7. The van der Waals surface area contributed by atoms with Crippen LogP contribution in [0.25, 0.3) is 105 Å². The average Bonchev–Trinajstić information content (AvgIpc) is 3.79. The van der Waals surface area contributed by atoms with Crippen LogP contribution >= 0.6 is 0 Å². The summed E-state index contributed by atoms with van der Waals surface area (Å²) in [6, 6.07) is 56.8. The molecule has 6 nitrogen and oxygen atoms in total. The largest absolute Gasteiger partial charge is 0.456 e. The van der Waals surface area contributed by atoms with E-state index in [0.29, 0.717) is 17.5 Å². The number of pyridine rings is 1. The molecule has 0 aliphatic carbocycles. The number of nitrogens with zero attached hydrogens (tertiary/aromatic N) is 5. The molecule has 0 aliphatic rings. The second-order valence-electron chi connectivity index (χ2n) is 13.4. The molecule has 0 saturated heterocycles. The first kappa shape index (κ1) is 30.2. The van der Waals surface area contributed by atoms with E-state index in [-0.39, 0.29) is 0 Å². The van der Waals surface area contributed by atoms with Gasteiger partial charge >= 0.3 is 0 Å². The van der Waals surface area contributed by atoms with Crippen molar-refractivity contribution in [3.8, 4) is 51.0 Å². The maximum absolute atomic E-state index is 6.27. The van der Waals surface area contributed by atoms with Crippen molar-refractivity contribution in [2.24, 2.45) is 0 Å². The van der Waals surface area contributed by atoms with Gasteiger partial charge in [-0.15, -0.1) is 0 Å². The molecule has 4 heterocycles. The summed E-state index contributed by atoms with van der Waals surface area (Å²) in [6.45, 7) is 0. The molecule has 0 radical (unpaired) electrons. The van der Waals surface area contributed by atoms with Gasteiger partial charge in [-0.05, 0) is 58.3 Å². The normalized spacial score (nSPS) is 11.7. The molecule has 252 valence electrons. The second-order valence-corrected chi connectivity index (χ2v) is 13.4. The van der Waals surface area contributed by atoms with Crippen molar-refractivity contribution < 1.29 is 4.42 Å². The molecular formula is C48H29N5O. The minimum atomic E-state index is 0.558. The summed E-state index contributed by atoms with van der Waals surface area (Å²) >= 11 is 0. The molecule has 54 heavy (non-hydrogen) atoms. The number of hydrogen-bond acceptors (Lipinski definition) is 5. The Morgan fingerprint density at radius 3 is 1.81 bits per heavy atom. The van der Waals surface area contributed by atoms with E-state index < -0.39 is 0 Å². The lowest BCUT2D eigenvalue weighted by atomic mass is 9.97. The SMILES string of the molecule is c1ccc(-n2c3ccccc3c3ccccc32)c(-c2nc(-c3ccc(-c4cccc5ccccc45)cc3)nc(-c3cccc4oc5ccncc5c34)n2)c1. The first-order chi connectivity index (χ1) is 26.8. The molecule has 4 aromatic heterocycles. The molecule has 0 spiro atoms. The predicted octanol–water partition coefficient (Wildman–Crippen LogP) is 12.1. The van der Waals surface area contributed by atoms with E-state index in [2.05, 4.69) is 149 Å². The standard InChI is InChI=1S/C48H29N5O/c1-2-13-33-30(11-1)12-9-17-34(33)31-23-25-32(26-24-31)46-50-47(52-48(51-46)38-18-10-22-44-45(38)39-29-49-28-27-43(39)54-44)37-16-5-8-21-42(37)53-40-19-6-3-14-35(40)36-15-4-7-20-41(36)53/h1-29H. The van der Waals surface area contributed by atoms with Crippen LogP contribution in [0.1, 0.15) is 0 Å². The summed E-state index contributed by atoms with van der Waals surface area (Å²) in [5, 5.41) is 6.65. The van der Waals surface area contributed by atoms with Crippen LogP contribution in [0, 0.1) is 0 Å². The molecule has 0 aliphatic heterocycles. The third-order valence-electron chi connectivity index (χ3n) is 10.4. The summed E-state index contributed by atoms with van der Waals surface area (Å²) in [5.74, 6) is 1.72. The highest BCUT2D eigenvalue weighted by Gasteiger charge is 2.21. The Balaban J connectivity index is 1.15. The first-order valence-electron chi connectivity index (χ1n) is 18.0. The van der Waals surface area contributed by atoms with E-state index in [0.717, 1.165) is 60.9 Å². The predicted molar refractivity (Wildman–Crippen MR) is 218 cm³/mol. The molecule has 11 aromatic rings. The summed E-state index contributed by atoms with van der Waals surface area (Å²) in [5.41, 5.74) is 9.70. The highest BCUT2D eigenvalue weighted by atomic mass is 16.3. The Morgan fingerprint density at radius 1 is 0.407 bits per heavy atom. The van der Waals surface area contributed by atoms with Gasteiger partial charge in [0.2, 0.25) is 0 Å². The Hall–Kier alpha value is -7.44. The Kier molecular flexibility index (Phi) is 6.75. The van der Waals surface area contributed by atoms with Crippen molar-refractivity contribution >= 4 is 54.5 Å². The Morgan fingerprint density at radius 2 is 1.00 bits per heavy atom. The van der Waals surface area contributed by atoms with Gasteiger partial charge in [0, 0.05) is 50.6 Å². The number of aromatic nitrogens is 5. The average molecular weight is 692 g/mol. The van der Waals surface area contributed by atoms with Crippen LogP contribution in [0.15, 0.2) is 181 Å². The van der Waals surface area contributed by atoms with Crippen molar-refractivity contribution in [2.45, 2.75) is 0 Å². The second kappa shape index (κ2) is 12.1. The van der Waals surface area contributed by atoms with Crippen molar-refractivity contribution in [2.75, 3.05) is 0 Å². The van der Waals surface area contributed by atoms with E-state index in [9.17, 15) is 0 Å². The van der Waals surface area contributed by atoms with Crippen LogP contribution in [-0.2, 0) is 0 Å². The van der Waals surface area contributed by atoms with Gasteiger partial charge in [0.05, 0.1) is 16.7 Å². The maximum atomic E-state index is 6.27. The molecule has 0 fully saturated rings. The van der Waals surface area contributed by atoms with E-state index >= 15 is 0 Å². The zero-order chi connectivity index (χ0) is 35.6. The molecule has 7 aromatic carbocycles. The van der Waals surface area contributed by atoms with Crippen LogP contribution in [0.5, 0.6) is 0 Å². The number of benzene rings is 7. The lowest BCUT2D eigenvalue weighted by Crippen LogP contribution is -2.03. The van der Waals surface area contributed by atoms with E-state index in [1.54, 1.807) is 6.20 Å². The molecule has 11 rings (SSSR count). The van der Waals surface area contributed by atoms with Gasteiger partial charge in [-0.3, -0.25) is 4.98 Å². The van der Waals surface area contributed by atoms with Gasteiger partial charge in [-0.2, -0.15) is 0 Å². The third-order valence-corrected chi connectivity index (χ3v) is 10.4. The van der Waals surface area contributed by atoms with Crippen molar-refractivity contribution in [3.05, 3.63) is 176 Å². The lowest BCUT2D eigenvalue weighted by molar-refractivity contribution is 0.668. The first-order valence-corrected chi connectivity index (χ1v) is 18.0. The fourth-order valence-electron chi connectivity index (χ4n) is 7.92. The monoisotopic (exact) mass is 691 g/mol. The van der Waals surface area contributed by atoms with Gasteiger partial charge in [0.25, 0.3) is 0 Å². The van der Waals surface area contributed by atoms with Crippen molar-refractivity contribution in [3.63, 3.8) is 0 Å². The summed E-state index contributed by atoms with van der Waals surface area (Å²) < 4.78 is 8.58. The van der Waals surface area contributed by atoms with Gasteiger partial charge in [-0.1, -0.05) is 127 Å². The van der Waals surface area contributed by atoms with E-state index in [1.165, 1.54) is 27.1 Å². The highest BCUT2D eigenvalue weighted by molar-refractivity contribution is 6.12. The van der Waals surface area contributed by atoms with Crippen LogP contribution in [0.2, 0.25) is 0 Å². The van der Waals surface area contributed by atoms with Crippen LogP contribution < -0.4 is 0 Å². The van der Waals surface area contributed by atoms with Crippen LogP contribution in [0.4, 0.5) is 0 Å². The van der Waals surface area contributed by atoms with Crippen molar-refractivity contribution in [1.29, 1.82) is 0 Å². The summed E-state index contributed by atoms with van der Waals surface area (Å²) in [6.07, 6.45) is 3.59. The van der Waals surface area contributed by atoms with Crippen LogP contribution in [0.3, 0.4) is 0 Å². The van der Waals surface area contributed by atoms with Gasteiger partial charge in [0.15, 0.2) is 17.5 Å². The minimum absolute atomic E-state index is 0.558. The molecule has 0 bridgehead atoms. The van der Waals surface area contributed by atoms with Crippen LogP contribution in [-0.4, -0.2) is 24.5 Å². The maximum Gasteiger partial charge on any atom is 0.166 e. The van der Waals surface area contributed by atoms with Gasteiger partial charge < -0.3 is 8.98 Å². The van der Waals surface area contributed by atoms with E-state index in [4.69, 9.17) is 19.4 Å². The Labute approximate surface area is 309 Å². The summed E-state index contributed by atoms with van der Waals surface area (Å²) in [4.78, 5) is 20.1.